The van der Waals surface area contributed by atoms with E-state index in [1.807, 2.05) is 0 Å². The SMILES string of the molecule is Cc1cc(C(=O)NCc2cc(C(=O)NC(CC(=N)c3cccnc3)c3ccccc3O)co2)co1. The molecule has 0 aliphatic heterocycles. The van der Waals surface area contributed by atoms with Gasteiger partial charge in [0, 0.05) is 35.7 Å². The van der Waals surface area contributed by atoms with Crippen molar-refractivity contribution in [3.8, 4) is 5.75 Å². The van der Waals surface area contributed by atoms with Gasteiger partial charge in [0.05, 0.1) is 23.7 Å². The van der Waals surface area contributed by atoms with Crippen molar-refractivity contribution in [3.05, 3.63) is 107 Å². The molecule has 1 unspecified atom stereocenters. The molecule has 0 bridgehead atoms. The number of hydrogen-bond donors (Lipinski definition) is 4. The lowest BCUT2D eigenvalue weighted by atomic mass is 9.97. The number of furan rings is 2. The number of para-hydroxylation sites is 1. The molecule has 1 aromatic carbocycles. The third-order valence-corrected chi connectivity index (χ3v) is 5.37. The molecule has 35 heavy (non-hydrogen) atoms. The number of pyridine rings is 1. The Morgan fingerprint density at radius 1 is 1.03 bits per heavy atom. The van der Waals surface area contributed by atoms with Gasteiger partial charge in [-0.05, 0) is 31.2 Å². The molecule has 0 fully saturated rings. The number of nitrogens with zero attached hydrogens (tertiary/aromatic N) is 1. The topological polar surface area (TPSA) is 141 Å². The molecule has 0 saturated carbocycles. The Labute approximate surface area is 201 Å². The molecule has 178 valence electrons. The minimum atomic E-state index is -0.668. The fourth-order valence-electron chi connectivity index (χ4n) is 3.55. The van der Waals surface area contributed by atoms with Crippen molar-refractivity contribution < 1.29 is 23.5 Å². The Balaban J connectivity index is 1.45. The zero-order valence-electron chi connectivity index (χ0n) is 18.9. The standard InChI is InChI=1S/C26H24N4O5/c1-16-9-18(14-34-16)25(32)29-13-20-10-19(15-35-20)26(33)30-23(21-6-2-3-7-24(21)31)11-22(27)17-5-4-8-28-12-17/h2-10,12,14-15,23,27,31H,11,13H2,1H3,(H,29,32)(H,30,33). The van der Waals surface area contributed by atoms with Crippen LogP contribution in [0.2, 0.25) is 0 Å². The number of carbonyl (C=O) groups excluding carboxylic acids is 2. The van der Waals surface area contributed by atoms with E-state index >= 15 is 0 Å². The van der Waals surface area contributed by atoms with Gasteiger partial charge in [0.1, 0.15) is 29.8 Å². The summed E-state index contributed by atoms with van der Waals surface area (Å²) in [5, 5.41) is 24.4. The highest BCUT2D eigenvalue weighted by atomic mass is 16.3. The average Bonchev–Trinajstić information content (AvgIpc) is 3.52. The van der Waals surface area contributed by atoms with Crippen LogP contribution in [0.15, 0.2) is 82.3 Å². The zero-order valence-corrected chi connectivity index (χ0v) is 18.9. The second kappa shape index (κ2) is 10.5. The maximum atomic E-state index is 13.0. The number of aryl methyl sites for hydroxylation is 1. The number of amides is 2. The fourth-order valence-corrected chi connectivity index (χ4v) is 3.55. The van der Waals surface area contributed by atoms with E-state index in [4.69, 9.17) is 14.2 Å². The van der Waals surface area contributed by atoms with Crippen LogP contribution in [-0.2, 0) is 6.54 Å². The van der Waals surface area contributed by atoms with E-state index in [-0.39, 0.29) is 35.9 Å². The second-order valence-corrected chi connectivity index (χ2v) is 7.94. The molecule has 3 heterocycles. The first-order chi connectivity index (χ1) is 16.9. The molecular formula is C26H24N4O5. The molecule has 2 amide bonds. The number of phenols is 1. The minimum absolute atomic E-state index is 0.0156. The van der Waals surface area contributed by atoms with Crippen molar-refractivity contribution in [1.29, 1.82) is 5.41 Å². The summed E-state index contributed by atoms with van der Waals surface area (Å²) in [6.07, 6.45) is 6.00. The summed E-state index contributed by atoms with van der Waals surface area (Å²) in [6.45, 7) is 1.83. The number of nitrogens with one attached hydrogen (secondary N) is 3. The molecule has 0 aliphatic rings. The van der Waals surface area contributed by atoms with Crippen molar-refractivity contribution in [1.82, 2.24) is 15.6 Å². The van der Waals surface area contributed by atoms with Gasteiger partial charge in [-0.25, -0.2) is 0 Å². The number of benzene rings is 1. The van der Waals surface area contributed by atoms with Gasteiger partial charge in [0.25, 0.3) is 11.8 Å². The molecule has 0 radical (unpaired) electrons. The van der Waals surface area contributed by atoms with Gasteiger partial charge in [0.2, 0.25) is 0 Å². The molecule has 0 aliphatic carbocycles. The lowest BCUT2D eigenvalue weighted by Gasteiger charge is -2.20. The summed E-state index contributed by atoms with van der Waals surface area (Å²) >= 11 is 0. The monoisotopic (exact) mass is 472 g/mol. The minimum Gasteiger partial charge on any atom is -0.508 e. The van der Waals surface area contributed by atoms with Gasteiger partial charge in [-0.15, -0.1) is 0 Å². The largest absolute Gasteiger partial charge is 0.508 e. The normalized spacial score (nSPS) is 11.6. The predicted molar refractivity (Wildman–Crippen MR) is 127 cm³/mol. The first-order valence-corrected chi connectivity index (χ1v) is 10.9. The molecule has 9 heteroatoms. The maximum Gasteiger partial charge on any atom is 0.255 e. The number of phenolic OH excluding ortho intramolecular Hbond substituents is 1. The maximum absolute atomic E-state index is 13.0. The van der Waals surface area contributed by atoms with Gasteiger partial charge in [-0.3, -0.25) is 14.6 Å². The summed E-state index contributed by atoms with van der Waals surface area (Å²) in [4.78, 5) is 29.2. The smallest absolute Gasteiger partial charge is 0.255 e. The van der Waals surface area contributed by atoms with Crippen LogP contribution in [0.1, 0.15) is 55.8 Å². The third-order valence-electron chi connectivity index (χ3n) is 5.37. The van der Waals surface area contributed by atoms with Crippen molar-refractivity contribution in [2.24, 2.45) is 0 Å². The summed E-state index contributed by atoms with van der Waals surface area (Å²) in [7, 11) is 0. The summed E-state index contributed by atoms with van der Waals surface area (Å²) in [5.74, 6) is 0.275. The molecule has 9 nitrogen and oxygen atoms in total. The highest BCUT2D eigenvalue weighted by molar-refractivity contribution is 5.99. The van der Waals surface area contributed by atoms with E-state index in [2.05, 4.69) is 15.6 Å². The molecular weight excluding hydrogens is 448 g/mol. The zero-order chi connectivity index (χ0) is 24.8. The highest BCUT2D eigenvalue weighted by Gasteiger charge is 2.22. The Morgan fingerprint density at radius 2 is 1.80 bits per heavy atom. The number of hydrogen-bond acceptors (Lipinski definition) is 7. The number of aromatic nitrogens is 1. The van der Waals surface area contributed by atoms with Crippen LogP contribution in [0.3, 0.4) is 0 Å². The number of rotatable bonds is 9. The first-order valence-electron chi connectivity index (χ1n) is 10.9. The lowest BCUT2D eigenvalue weighted by Crippen LogP contribution is -2.30. The predicted octanol–water partition coefficient (Wildman–Crippen LogP) is 4.14. The second-order valence-electron chi connectivity index (χ2n) is 7.94. The lowest BCUT2D eigenvalue weighted by molar-refractivity contribution is 0.0932. The Kier molecular flexibility index (Phi) is 7.06. The Hall–Kier alpha value is -4.66. The molecule has 0 spiro atoms. The van der Waals surface area contributed by atoms with Crippen molar-refractivity contribution in [2.75, 3.05) is 0 Å². The van der Waals surface area contributed by atoms with Crippen LogP contribution < -0.4 is 10.6 Å². The van der Waals surface area contributed by atoms with Crippen LogP contribution in [0.4, 0.5) is 0 Å². The van der Waals surface area contributed by atoms with Gasteiger partial charge < -0.3 is 30.0 Å². The van der Waals surface area contributed by atoms with Crippen LogP contribution in [0, 0.1) is 12.3 Å². The van der Waals surface area contributed by atoms with Crippen molar-refractivity contribution in [3.63, 3.8) is 0 Å². The highest BCUT2D eigenvalue weighted by Crippen LogP contribution is 2.28. The molecule has 0 saturated heterocycles. The van der Waals surface area contributed by atoms with Crippen LogP contribution in [-0.4, -0.2) is 27.6 Å². The van der Waals surface area contributed by atoms with Crippen LogP contribution in [0.5, 0.6) is 5.75 Å². The van der Waals surface area contributed by atoms with E-state index in [1.165, 1.54) is 24.7 Å². The summed E-state index contributed by atoms with van der Waals surface area (Å²) in [6, 6.07) is 12.7. The average molecular weight is 473 g/mol. The Bertz CT molecular complexity index is 1340. The Morgan fingerprint density at radius 3 is 2.51 bits per heavy atom. The van der Waals surface area contributed by atoms with Gasteiger partial charge in [-0.1, -0.05) is 24.3 Å². The quantitative estimate of drug-likeness (QED) is 0.270. The van der Waals surface area contributed by atoms with E-state index in [0.717, 1.165) is 0 Å². The van der Waals surface area contributed by atoms with E-state index < -0.39 is 11.9 Å². The number of carbonyl (C=O) groups is 2. The van der Waals surface area contributed by atoms with Gasteiger partial charge in [-0.2, -0.15) is 0 Å². The summed E-state index contributed by atoms with van der Waals surface area (Å²) < 4.78 is 10.6. The molecule has 4 N–H and O–H groups in total. The van der Waals surface area contributed by atoms with Gasteiger partial charge in [0.15, 0.2) is 0 Å². The fraction of sp³-hybridized carbons (Fsp3) is 0.154. The first kappa shape index (κ1) is 23.5. The molecule has 3 aromatic heterocycles. The molecule has 4 rings (SSSR count). The summed E-state index contributed by atoms with van der Waals surface area (Å²) in [5.41, 5.74) is 2.02. The van der Waals surface area contributed by atoms with E-state index in [9.17, 15) is 14.7 Å². The van der Waals surface area contributed by atoms with Crippen LogP contribution >= 0.6 is 0 Å². The third kappa shape index (κ3) is 5.83. The van der Waals surface area contributed by atoms with Crippen molar-refractivity contribution >= 4 is 17.5 Å². The molecule has 4 aromatic rings. The molecule has 1 atom stereocenters. The number of aromatic hydroxyl groups is 1. The van der Waals surface area contributed by atoms with Gasteiger partial charge >= 0.3 is 0 Å². The van der Waals surface area contributed by atoms with Crippen molar-refractivity contribution in [2.45, 2.75) is 25.9 Å². The van der Waals surface area contributed by atoms with E-state index in [1.54, 1.807) is 55.7 Å². The van der Waals surface area contributed by atoms with Crippen LogP contribution in [0.25, 0.3) is 0 Å². The van der Waals surface area contributed by atoms with E-state index in [0.29, 0.717) is 28.2 Å².